The molecule has 42 heavy (non-hydrogen) atoms. The van der Waals surface area contributed by atoms with Crippen LogP contribution in [0.4, 0.5) is 5.00 Å². The maximum Gasteiger partial charge on any atom is 0.341 e. The molecule has 1 atom stereocenters. The predicted molar refractivity (Wildman–Crippen MR) is 159 cm³/mol. The van der Waals surface area contributed by atoms with Crippen molar-refractivity contribution < 1.29 is 32.3 Å². The first-order chi connectivity index (χ1) is 20.2. The van der Waals surface area contributed by atoms with E-state index in [4.69, 9.17) is 9.47 Å². The van der Waals surface area contributed by atoms with E-state index in [9.17, 15) is 22.8 Å². The largest absolute Gasteiger partial charge is 0.462 e. The maximum absolute atomic E-state index is 13.7. The molecule has 2 aromatic carbocycles. The van der Waals surface area contributed by atoms with Gasteiger partial charge in [0, 0.05) is 11.4 Å². The van der Waals surface area contributed by atoms with Gasteiger partial charge in [-0.3, -0.25) is 9.59 Å². The van der Waals surface area contributed by atoms with Gasteiger partial charge in [-0.15, -0.1) is 11.3 Å². The Hall–Kier alpha value is -3.54. The quantitative estimate of drug-likeness (QED) is 0.340. The Morgan fingerprint density at radius 1 is 1.00 bits per heavy atom. The number of ether oxygens (including phenoxy) is 2. The maximum atomic E-state index is 13.7. The van der Waals surface area contributed by atoms with Gasteiger partial charge in [-0.25, -0.2) is 13.2 Å². The number of rotatable bonds is 9. The molecule has 0 radical (unpaired) electrons. The van der Waals surface area contributed by atoms with Gasteiger partial charge >= 0.3 is 11.9 Å². The van der Waals surface area contributed by atoms with Gasteiger partial charge in [-0.05, 0) is 74.8 Å². The van der Waals surface area contributed by atoms with Crippen molar-refractivity contribution in [3.8, 4) is 0 Å². The molecular formula is C31H34N2O7S2. The van der Waals surface area contributed by atoms with Crippen LogP contribution in [-0.2, 0) is 48.3 Å². The average Bonchev–Trinajstić information content (AvgIpc) is 3.34. The number of aryl methyl sites for hydroxylation is 2. The number of anilines is 1. The molecule has 0 spiro atoms. The summed E-state index contributed by atoms with van der Waals surface area (Å²) in [6.45, 7) is 3.47. The monoisotopic (exact) mass is 610 g/mol. The molecule has 1 aliphatic heterocycles. The first kappa shape index (κ1) is 29.9. The fraction of sp³-hybridized carbons (Fsp3) is 0.387. The van der Waals surface area contributed by atoms with Gasteiger partial charge in [0.1, 0.15) is 5.00 Å². The van der Waals surface area contributed by atoms with Crippen LogP contribution in [0.15, 0.2) is 53.4 Å². The minimum absolute atomic E-state index is 0.154. The fourth-order valence-corrected chi connectivity index (χ4v) is 8.47. The van der Waals surface area contributed by atoms with Crippen LogP contribution in [0.3, 0.4) is 0 Å². The first-order valence-electron chi connectivity index (χ1n) is 14.1. The van der Waals surface area contributed by atoms with Crippen molar-refractivity contribution in [3.05, 3.63) is 81.2 Å². The summed E-state index contributed by atoms with van der Waals surface area (Å²) in [5.41, 5.74) is 3.95. The molecule has 11 heteroatoms. The van der Waals surface area contributed by atoms with Gasteiger partial charge in [-0.2, -0.15) is 4.31 Å². The molecule has 1 aliphatic carbocycles. The van der Waals surface area contributed by atoms with E-state index in [0.29, 0.717) is 17.0 Å². The van der Waals surface area contributed by atoms with Crippen molar-refractivity contribution in [1.82, 2.24) is 4.31 Å². The van der Waals surface area contributed by atoms with E-state index in [0.717, 1.165) is 52.8 Å². The van der Waals surface area contributed by atoms with Crippen molar-refractivity contribution in [1.29, 1.82) is 0 Å². The van der Waals surface area contributed by atoms with Crippen LogP contribution in [-0.4, -0.2) is 50.3 Å². The second-order valence-electron chi connectivity index (χ2n) is 10.4. The fourth-order valence-electron chi connectivity index (χ4n) is 5.57. The molecule has 1 unspecified atom stereocenters. The highest BCUT2D eigenvalue weighted by molar-refractivity contribution is 7.89. The summed E-state index contributed by atoms with van der Waals surface area (Å²) in [7, 11) is -3.90. The second kappa shape index (κ2) is 12.8. The van der Waals surface area contributed by atoms with Gasteiger partial charge in [-0.1, -0.05) is 42.0 Å². The summed E-state index contributed by atoms with van der Waals surface area (Å²) in [5.74, 6) is -1.76. The molecule has 222 valence electrons. The molecule has 0 saturated heterocycles. The minimum Gasteiger partial charge on any atom is -0.462 e. The zero-order chi connectivity index (χ0) is 29.9. The van der Waals surface area contributed by atoms with E-state index >= 15 is 0 Å². The Labute approximate surface area is 249 Å². The lowest BCUT2D eigenvalue weighted by Gasteiger charge is -2.36. The van der Waals surface area contributed by atoms with Gasteiger partial charge in [0.25, 0.3) is 5.91 Å². The number of hydrogen-bond donors (Lipinski definition) is 1. The Bertz CT molecular complexity index is 1600. The molecule has 0 saturated carbocycles. The van der Waals surface area contributed by atoms with Crippen molar-refractivity contribution >= 4 is 44.2 Å². The number of nitrogens with one attached hydrogen (secondary N) is 1. The summed E-state index contributed by atoms with van der Waals surface area (Å²) in [4.78, 5) is 39.8. The zero-order valence-corrected chi connectivity index (χ0v) is 25.3. The van der Waals surface area contributed by atoms with E-state index in [-0.39, 0.29) is 24.5 Å². The summed E-state index contributed by atoms with van der Waals surface area (Å²) in [5, 5.41) is 3.14. The van der Waals surface area contributed by atoms with Gasteiger partial charge < -0.3 is 14.8 Å². The van der Waals surface area contributed by atoms with E-state index in [1.54, 1.807) is 31.2 Å². The summed E-state index contributed by atoms with van der Waals surface area (Å²) in [6.07, 6.45) is 3.82. The topological polar surface area (TPSA) is 119 Å². The number of esters is 2. The molecule has 1 N–H and O–H groups in total. The Morgan fingerprint density at radius 2 is 1.74 bits per heavy atom. The molecular weight excluding hydrogens is 576 g/mol. The number of nitrogens with zero attached hydrogens (tertiary/aromatic N) is 1. The molecule has 1 amide bonds. The van der Waals surface area contributed by atoms with E-state index < -0.39 is 40.5 Å². The summed E-state index contributed by atoms with van der Waals surface area (Å²) in [6, 6.07) is 13.3. The molecule has 2 heterocycles. The minimum atomic E-state index is -3.90. The SMILES string of the molecule is CCOC(=O)c1c(NC(=O)COC(=O)CC2c3ccccc3CCN2S(=O)(=O)c2ccc(C)cc2)sc2c1CCCC2. The summed E-state index contributed by atoms with van der Waals surface area (Å²) < 4.78 is 39.3. The number of carbonyl (C=O) groups is 3. The number of thiophene rings is 1. The molecule has 9 nitrogen and oxygen atoms in total. The number of amides is 1. The first-order valence-corrected chi connectivity index (χ1v) is 16.4. The van der Waals surface area contributed by atoms with Crippen LogP contribution in [0, 0.1) is 6.92 Å². The molecule has 0 bridgehead atoms. The highest BCUT2D eigenvalue weighted by Crippen LogP contribution is 2.39. The van der Waals surface area contributed by atoms with Crippen LogP contribution in [0.25, 0.3) is 0 Å². The third-order valence-electron chi connectivity index (χ3n) is 7.62. The molecule has 2 aliphatic rings. The molecule has 5 rings (SSSR count). The number of hydrogen-bond acceptors (Lipinski definition) is 8. The zero-order valence-electron chi connectivity index (χ0n) is 23.7. The van der Waals surface area contributed by atoms with Crippen LogP contribution in [0.5, 0.6) is 0 Å². The third-order valence-corrected chi connectivity index (χ3v) is 10.7. The lowest BCUT2D eigenvalue weighted by Crippen LogP contribution is -2.41. The van der Waals surface area contributed by atoms with Gasteiger partial charge in [0.2, 0.25) is 10.0 Å². The number of fused-ring (bicyclic) bond motifs is 2. The third kappa shape index (κ3) is 6.28. The average molecular weight is 611 g/mol. The number of carbonyl (C=O) groups excluding carboxylic acids is 3. The van der Waals surface area contributed by atoms with Crippen LogP contribution >= 0.6 is 11.3 Å². The van der Waals surface area contributed by atoms with E-state index in [2.05, 4.69) is 5.32 Å². The highest BCUT2D eigenvalue weighted by Gasteiger charge is 2.38. The van der Waals surface area contributed by atoms with Crippen LogP contribution in [0.1, 0.15) is 69.7 Å². The lowest BCUT2D eigenvalue weighted by atomic mass is 9.92. The predicted octanol–water partition coefficient (Wildman–Crippen LogP) is 4.97. The van der Waals surface area contributed by atoms with Crippen LogP contribution < -0.4 is 5.32 Å². The molecule has 1 aromatic heterocycles. The highest BCUT2D eigenvalue weighted by atomic mass is 32.2. The Balaban J connectivity index is 1.30. The number of sulfonamides is 1. The van der Waals surface area contributed by atoms with E-state index in [1.165, 1.54) is 15.6 Å². The standard InChI is InChI=1S/C31H34N2O7S2/c1-3-39-31(36)29-24-10-6-7-11-26(24)41-30(29)32-27(34)19-40-28(35)18-25-23-9-5-4-8-21(23)16-17-33(25)42(37,38)22-14-12-20(2)13-15-22/h4-5,8-9,12-15,25H,3,6-7,10-11,16-19H2,1-2H3,(H,32,34). The van der Waals surface area contributed by atoms with E-state index in [1.807, 2.05) is 31.2 Å². The van der Waals surface area contributed by atoms with Crippen molar-refractivity contribution in [2.45, 2.75) is 63.3 Å². The summed E-state index contributed by atoms with van der Waals surface area (Å²) >= 11 is 1.35. The molecule has 0 fully saturated rings. The van der Waals surface area contributed by atoms with Gasteiger partial charge in [0.05, 0.1) is 29.5 Å². The van der Waals surface area contributed by atoms with Crippen molar-refractivity contribution in [2.24, 2.45) is 0 Å². The van der Waals surface area contributed by atoms with Gasteiger partial charge in [0.15, 0.2) is 6.61 Å². The number of benzene rings is 2. The Morgan fingerprint density at radius 3 is 2.50 bits per heavy atom. The smallest absolute Gasteiger partial charge is 0.341 e. The van der Waals surface area contributed by atoms with Crippen LogP contribution in [0.2, 0.25) is 0 Å². The van der Waals surface area contributed by atoms with Crippen molar-refractivity contribution in [2.75, 3.05) is 25.1 Å². The normalized spacial score (nSPS) is 16.7. The van der Waals surface area contributed by atoms with Crippen molar-refractivity contribution in [3.63, 3.8) is 0 Å². The Kier molecular flexibility index (Phi) is 9.10. The lowest BCUT2D eigenvalue weighted by molar-refractivity contribution is -0.148. The second-order valence-corrected chi connectivity index (χ2v) is 13.4. The molecule has 3 aromatic rings.